The topological polar surface area (TPSA) is 72.8 Å². The van der Waals surface area contributed by atoms with E-state index in [-0.39, 0.29) is 6.42 Å². The van der Waals surface area contributed by atoms with Crippen LogP contribution in [0, 0.1) is 5.92 Å². The number of rotatable bonds is 1. The third kappa shape index (κ3) is 1.13. The van der Waals surface area contributed by atoms with E-state index < -0.39 is 29.6 Å². The van der Waals surface area contributed by atoms with Crippen molar-refractivity contribution < 1.29 is 24.2 Å². The van der Waals surface area contributed by atoms with Gasteiger partial charge in [0.15, 0.2) is 5.60 Å². The molecule has 3 aliphatic rings. The van der Waals surface area contributed by atoms with E-state index in [2.05, 4.69) is 4.74 Å². The van der Waals surface area contributed by atoms with E-state index in [1.165, 1.54) is 19.3 Å². The van der Waals surface area contributed by atoms with Crippen molar-refractivity contribution in [1.82, 2.24) is 0 Å². The molecule has 3 rings (SSSR count). The van der Waals surface area contributed by atoms with Crippen molar-refractivity contribution in [3.05, 3.63) is 12.2 Å². The number of hydrogen-bond donors (Lipinski definition) is 1. The summed E-state index contributed by atoms with van der Waals surface area (Å²) in [5.41, 5.74) is -1.65. The van der Waals surface area contributed by atoms with Gasteiger partial charge in [0, 0.05) is 6.42 Å². The summed E-state index contributed by atoms with van der Waals surface area (Å²) in [7, 11) is 1.26. The van der Waals surface area contributed by atoms with Gasteiger partial charge in [-0.05, 0) is 12.2 Å². The van der Waals surface area contributed by atoms with E-state index in [0.717, 1.165) is 0 Å². The molecule has 0 radical (unpaired) electrons. The number of carbonyl (C=O) groups excluding carboxylic acids is 2. The standard InChI is InChI=1S/C9H10O5/c1-13-7(10)5-4-9(12)3-2-6(5)14-8(9)11/h2-3,5-6,12H,4H2,1H3. The summed E-state index contributed by atoms with van der Waals surface area (Å²) in [5.74, 6) is -1.75. The summed E-state index contributed by atoms with van der Waals surface area (Å²) >= 11 is 0. The lowest BCUT2D eigenvalue weighted by Gasteiger charge is -2.40. The molecule has 0 spiro atoms. The number of ether oxygens (including phenoxy) is 2. The Morgan fingerprint density at radius 3 is 3.00 bits per heavy atom. The molecule has 0 aromatic carbocycles. The van der Waals surface area contributed by atoms with Crippen molar-refractivity contribution in [3.8, 4) is 0 Å². The highest BCUT2D eigenvalue weighted by atomic mass is 16.6. The lowest BCUT2D eigenvalue weighted by molar-refractivity contribution is -0.188. The van der Waals surface area contributed by atoms with Gasteiger partial charge < -0.3 is 14.6 Å². The van der Waals surface area contributed by atoms with Gasteiger partial charge in [-0.25, -0.2) is 4.79 Å². The predicted octanol–water partition coefficient (Wildman–Crippen LogP) is -0.608. The smallest absolute Gasteiger partial charge is 0.342 e. The summed E-state index contributed by atoms with van der Waals surface area (Å²) in [4.78, 5) is 22.4. The second kappa shape index (κ2) is 2.81. The van der Waals surface area contributed by atoms with Crippen LogP contribution in [0.4, 0.5) is 0 Å². The zero-order valence-corrected chi connectivity index (χ0v) is 7.60. The van der Waals surface area contributed by atoms with Gasteiger partial charge >= 0.3 is 11.9 Å². The second-order valence-corrected chi connectivity index (χ2v) is 3.49. The molecule has 2 bridgehead atoms. The van der Waals surface area contributed by atoms with Gasteiger partial charge in [0.05, 0.1) is 7.11 Å². The van der Waals surface area contributed by atoms with E-state index in [1.807, 2.05) is 0 Å². The molecule has 14 heavy (non-hydrogen) atoms. The monoisotopic (exact) mass is 198 g/mol. The van der Waals surface area contributed by atoms with Gasteiger partial charge in [0.25, 0.3) is 0 Å². The Kier molecular flexibility index (Phi) is 1.85. The van der Waals surface area contributed by atoms with Gasteiger partial charge in [0.1, 0.15) is 12.0 Å². The van der Waals surface area contributed by atoms with Crippen molar-refractivity contribution in [1.29, 1.82) is 0 Å². The average molecular weight is 198 g/mol. The molecule has 0 aromatic rings. The fourth-order valence-electron chi connectivity index (χ4n) is 1.77. The molecule has 3 unspecified atom stereocenters. The molecule has 3 atom stereocenters. The third-order valence-corrected chi connectivity index (χ3v) is 2.59. The van der Waals surface area contributed by atoms with Crippen LogP contribution in [0.2, 0.25) is 0 Å². The molecule has 1 aliphatic carbocycles. The van der Waals surface area contributed by atoms with Crippen LogP contribution in [0.25, 0.3) is 0 Å². The highest BCUT2D eigenvalue weighted by Gasteiger charge is 2.52. The molecule has 0 amide bonds. The molecule has 2 aliphatic heterocycles. The highest BCUT2D eigenvalue weighted by molar-refractivity contribution is 5.87. The third-order valence-electron chi connectivity index (χ3n) is 2.59. The van der Waals surface area contributed by atoms with Crippen LogP contribution < -0.4 is 0 Å². The number of aliphatic hydroxyl groups is 1. The molecular weight excluding hydrogens is 188 g/mol. The van der Waals surface area contributed by atoms with Crippen molar-refractivity contribution in [2.24, 2.45) is 5.92 Å². The van der Waals surface area contributed by atoms with Crippen LogP contribution in [0.15, 0.2) is 12.2 Å². The summed E-state index contributed by atoms with van der Waals surface area (Å²) in [6.45, 7) is 0. The highest BCUT2D eigenvalue weighted by Crippen LogP contribution is 2.36. The molecule has 1 N–H and O–H groups in total. The Hall–Kier alpha value is -1.36. The van der Waals surface area contributed by atoms with E-state index >= 15 is 0 Å². The molecule has 76 valence electrons. The van der Waals surface area contributed by atoms with Crippen molar-refractivity contribution >= 4 is 11.9 Å². The number of esters is 2. The summed E-state index contributed by atoms with van der Waals surface area (Å²) in [5, 5.41) is 9.73. The molecule has 0 aromatic heterocycles. The zero-order valence-electron chi connectivity index (χ0n) is 7.60. The first kappa shape index (κ1) is 9.21. The Bertz CT molecular complexity index is 321. The first-order chi connectivity index (χ1) is 6.57. The molecule has 1 fully saturated rings. The molecule has 2 heterocycles. The second-order valence-electron chi connectivity index (χ2n) is 3.49. The van der Waals surface area contributed by atoms with E-state index in [4.69, 9.17) is 4.74 Å². The van der Waals surface area contributed by atoms with E-state index in [1.54, 1.807) is 0 Å². The lowest BCUT2D eigenvalue weighted by atomic mass is 9.78. The van der Waals surface area contributed by atoms with Crippen molar-refractivity contribution in [2.45, 2.75) is 18.1 Å². The maximum atomic E-state index is 11.2. The minimum absolute atomic E-state index is 0.0413. The first-order valence-electron chi connectivity index (χ1n) is 4.27. The quantitative estimate of drug-likeness (QED) is 0.449. The Morgan fingerprint density at radius 1 is 1.79 bits per heavy atom. The van der Waals surface area contributed by atoms with Gasteiger partial charge in [0.2, 0.25) is 0 Å². The summed E-state index contributed by atoms with van der Waals surface area (Å²) in [6.07, 6.45) is 2.35. The maximum absolute atomic E-state index is 11.2. The van der Waals surface area contributed by atoms with E-state index in [0.29, 0.717) is 0 Å². The van der Waals surface area contributed by atoms with E-state index in [9.17, 15) is 14.7 Å². The maximum Gasteiger partial charge on any atom is 0.342 e. The van der Waals surface area contributed by atoms with Crippen LogP contribution in [-0.4, -0.2) is 35.9 Å². The Morgan fingerprint density at radius 2 is 2.50 bits per heavy atom. The largest absolute Gasteiger partial charge is 0.469 e. The van der Waals surface area contributed by atoms with Crippen LogP contribution in [0.1, 0.15) is 6.42 Å². The molecular formula is C9H10O5. The fourth-order valence-corrected chi connectivity index (χ4v) is 1.77. The number of hydrogen-bond acceptors (Lipinski definition) is 5. The van der Waals surface area contributed by atoms with Crippen LogP contribution in [0.5, 0.6) is 0 Å². The van der Waals surface area contributed by atoms with Crippen molar-refractivity contribution in [3.63, 3.8) is 0 Å². The minimum Gasteiger partial charge on any atom is -0.469 e. The van der Waals surface area contributed by atoms with Gasteiger partial charge in [-0.15, -0.1) is 0 Å². The normalized spacial score (nSPS) is 39.4. The fraction of sp³-hybridized carbons (Fsp3) is 0.556. The summed E-state index contributed by atoms with van der Waals surface area (Å²) < 4.78 is 9.39. The number of fused-ring (bicyclic) bond motifs is 2. The van der Waals surface area contributed by atoms with Crippen LogP contribution in [-0.2, 0) is 19.1 Å². The SMILES string of the molecule is COC(=O)C1CC2(O)C=CC1OC2=O. The average Bonchev–Trinajstić information content (AvgIpc) is 2.18. The number of methoxy groups -OCH3 is 1. The Balaban J connectivity index is 2.27. The number of carbonyl (C=O) groups is 2. The van der Waals surface area contributed by atoms with Crippen LogP contribution >= 0.6 is 0 Å². The van der Waals surface area contributed by atoms with Crippen LogP contribution in [0.3, 0.4) is 0 Å². The lowest BCUT2D eigenvalue weighted by Crippen LogP contribution is -2.55. The van der Waals surface area contributed by atoms with Gasteiger partial charge in [-0.2, -0.15) is 0 Å². The van der Waals surface area contributed by atoms with Gasteiger partial charge in [-0.1, -0.05) is 0 Å². The molecule has 5 nitrogen and oxygen atoms in total. The molecule has 5 heteroatoms. The summed E-state index contributed by atoms with van der Waals surface area (Å²) in [6, 6.07) is 0. The van der Waals surface area contributed by atoms with Crippen molar-refractivity contribution in [2.75, 3.05) is 7.11 Å². The first-order valence-corrected chi connectivity index (χ1v) is 4.27. The van der Waals surface area contributed by atoms with Gasteiger partial charge in [-0.3, -0.25) is 4.79 Å². The zero-order chi connectivity index (χ0) is 10.3. The molecule has 1 saturated heterocycles. The molecule has 0 saturated carbocycles. The minimum atomic E-state index is -1.65. The Labute approximate surface area is 80.3 Å². The predicted molar refractivity (Wildman–Crippen MR) is 44.1 cm³/mol.